The average Bonchev–Trinajstić information content (AvgIpc) is 3.26. The van der Waals surface area contributed by atoms with Gasteiger partial charge in [-0.25, -0.2) is 4.39 Å². The fourth-order valence-corrected chi connectivity index (χ4v) is 3.81. The van der Waals surface area contributed by atoms with Crippen molar-refractivity contribution in [3.05, 3.63) is 115 Å². The summed E-state index contributed by atoms with van der Waals surface area (Å²) in [5.41, 5.74) is 7.41. The van der Waals surface area contributed by atoms with Crippen LogP contribution in [0.2, 0.25) is 0 Å². The smallest absolute Gasteiger partial charge is 0.168 e. The minimum absolute atomic E-state index is 0.268. The predicted octanol–water partition coefficient (Wildman–Crippen LogP) is 6.59. The summed E-state index contributed by atoms with van der Waals surface area (Å²) in [6, 6.07) is 26.6. The number of benzene rings is 3. The quantitative estimate of drug-likeness (QED) is 0.349. The van der Waals surface area contributed by atoms with Crippen LogP contribution in [-0.2, 0) is 0 Å². The van der Waals surface area contributed by atoms with Gasteiger partial charge in [-0.15, -0.1) is 10.2 Å². The highest BCUT2D eigenvalue weighted by molar-refractivity contribution is 5.84. The zero-order chi connectivity index (χ0) is 22.1. The molecule has 156 valence electrons. The van der Waals surface area contributed by atoms with Gasteiger partial charge in [-0.3, -0.25) is 4.40 Å². The van der Waals surface area contributed by atoms with Gasteiger partial charge in [0.1, 0.15) is 5.82 Å². The Hall–Kier alpha value is -4.25. The summed E-state index contributed by atoms with van der Waals surface area (Å²) in [6.07, 6.45) is 1.98. The molecule has 0 spiro atoms. The van der Waals surface area contributed by atoms with Crippen LogP contribution < -0.4 is 5.32 Å². The maximum absolute atomic E-state index is 13.2. The maximum atomic E-state index is 13.2. The number of fused-ring (bicyclic) bond motifs is 1. The third-order valence-electron chi connectivity index (χ3n) is 5.48. The molecule has 5 heteroatoms. The molecule has 0 fully saturated rings. The van der Waals surface area contributed by atoms with Crippen LogP contribution in [0.3, 0.4) is 0 Å². The van der Waals surface area contributed by atoms with E-state index in [0.717, 1.165) is 50.7 Å². The summed E-state index contributed by atoms with van der Waals surface area (Å²) >= 11 is 0. The molecule has 32 heavy (non-hydrogen) atoms. The molecule has 3 aromatic carbocycles. The molecular weight excluding hydrogens is 399 g/mol. The number of aromatic nitrogens is 3. The van der Waals surface area contributed by atoms with Crippen LogP contribution in [0, 0.1) is 12.7 Å². The maximum Gasteiger partial charge on any atom is 0.168 e. The minimum Gasteiger partial charge on any atom is -0.356 e. The second-order valence-corrected chi connectivity index (χ2v) is 7.65. The van der Waals surface area contributed by atoms with Gasteiger partial charge in [-0.2, -0.15) is 0 Å². The van der Waals surface area contributed by atoms with Gasteiger partial charge in [0.2, 0.25) is 0 Å². The summed E-state index contributed by atoms with van der Waals surface area (Å²) in [4.78, 5) is 0. The standard InChI is InChI=1S/C27H21FN4/c1-18-10-11-21(17-25(18)19(2)29-23-14-12-22(28)13-15-23)24-9-6-16-32-26(30-31-27(24)32)20-7-4-3-5-8-20/h3-17,29H,2H2,1H3. The number of hydrogen-bond donors (Lipinski definition) is 1. The van der Waals surface area contributed by atoms with Crippen molar-refractivity contribution in [2.75, 3.05) is 5.32 Å². The van der Waals surface area contributed by atoms with E-state index in [1.807, 2.05) is 60.0 Å². The van der Waals surface area contributed by atoms with Gasteiger partial charge >= 0.3 is 0 Å². The summed E-state index contributed by atoms with van der Waals surface area (Å²) in [7, 11) is 0. The fraction of sp³-hybridized carbons (Fsp3) is 0.0370. The molecule has 5 rings (SSSR count). The molecule has 0 saturated heterocycles. The summed E-state index contributed by atoms with van der Waals surface area (Å²) in [5.74, 6) is 0.535. The number of nitrogens with one attached hydrogen (secondary N) is 1. The second-order valence-electron chi connectivity index (χ2n) is 7.65. The van der Waals surface area contributed by atoms with Gasteiger partial charge in [0.05, 0.1) is 0 Å². The minimum atomic E-state index is -0.268. The first kappa shape index (κ1) is 19.7. The number of anilines is 1. The molecule has 0 aliphatic carbocycles. The highest BCUT2D eigenvalue weighted by atomic mass is 19.1. The van der Waals surface area contributed by atoms with E-state index in [1.165, 1.54) is 12.1 Å². The normalized spacial score (nSPS) is 10.9. The summed E-state index contributed by atoms with van der Waals surface area (Å²) in [6.45, 7) is 6.25. The van der Waals surface area contributed by atoms with Crippen molar-refractivity contribution >= 4 is 17.0 Å². The van der Waals surface area contributed by atoms with Gasteiger partial charge in [0.15, 0.2) is 11.5 Å². The Bertz CT molecular complexity index is 1420. The summed E-state index contributed by atoms with van der Waals surface area (Å²) < 4.78 is 15.2. The molecule has 0 bridgehead atoms. The van der Waals surface area contributed by atoms with Gasteiger partial charge in [-0.1, -0.05) is 49.0 Å². The second kappa shape index (κ2) is 8.12. The van der Waals surface area contributed by atoms with Crippen molar-refractivity contribution in [1.29, 1.82) is 0 Å². The molecule has 0 aliphatic rings. The van der Waals surface area contributed by atoms with Crippen LogP contribution in [0.15, 0.2) is 97.7 Å². The van der Waals surface area contributed by atoms with Gasteiger partial charge in [0, 0.05) is 34.3 Å². The Morgan fingerprint density at radius 1 is 0.875 bits per heavy atom. The highest BCUT2D eigenvalue weighted by Crippen LogP contribution is 2.30. The lowest BCUT2D eigenvalue weighted by Crippen LogP contribution is -2.00. The highest BCUT2D eigenvalue weighted by Gasteiger charge is 2.14. The molecule has 0 saturated carbocycles. The van der Waals surface area contributed by atoms with E-state index in [2.05, 4.69) is 40.3 Å². The molecule has 0 aliphatic heterocycles. The lowest BCUT2D eigenvalue weighted by Gasteiger charge is -2.14. The molecule has 2 heterocycles. The van der Waals surface area contributed by atoms with Crippen molar-refractivity contribution < 1.29 is 4.39 Å². The largest absolute Gasteiger partial charge is 0.356 e. The third kappa shape index (κ3) is 3.65. The fourth-order valence-electron chi connectivity index (χ4n) is 3.81. The SMILES string of the molecule is C=C(Nc1ccc(F)cc1)c1cc(-c2cccn3c(-c4ccccc4)nnc23)ccc1C. The Kier molecular flexibility index (Phi) is 5.00. The number of rotatable bonds is 5. The predicted molar refractivity (Wildman–Crippen MR) is 128 cm³/mol. The van der Waals surface area contributed by atoms with Crippen molar-refractivity contribution in [2.45, 2.75) is 6.92 Å². The van der Waals surface area contributed by atoms with Crippen LogP contribution in [0.25, 0.3) is 33.9 Å². The van der Waals surface area contributed by atoms with E-state index >= 15 is 0 Å². The number of pyridine rings is 1. The van der Waals surface area contributed by atoms with Gasteiger partial charge in [0.25, 0.3) is 0 Å². The van der Waals surface area contributed by atoms with E-state index in [-0.39, 0.29) is 5.82 Å². The van der Waals surface area contributed by atoms with Crippen molar-refractivity contribution in [1.82, 2.24) is 14.6 Å². The zero-order valence-electron chi connectivity index (χ0n) is 17.6. The molecule has 0 amide bonds. The number of hydrogen-bond acceptors (Lipinski definition) is 3. The molecule has 0 radical (unpaired) electrons. The van der Waals surface area contributed by atoms with Gasteiger partial charge in [-0.05, 0) is 60.5 Å². The number of halogens is 1. The Balaban J connectivity index is 1.54. The van der Waals surface area contributed by atoms with E-state index in [0.29, 0.717) is 0 Å². The van der Waals surface area contributed by atoms with Crippen molar-refractivity contribution in [3.63, 3.8) is 0 Å². The van der Waals surface area contributed by atoms with E-state index in [9.17, 15) is 4.39 Å². The first-order valence-corrected chi connectivity index (χ1v) is 10.3. The van der Waals surface area contributed by atoms with Crippen LogP contribution in [0.1, 0.15) is 11.1 Å². The molecule has 2 aromatic heterocycles. The van der Waals surface area contributed by atoms with Crippen LogP contribution >= 0.6 is 0 Å². The molecule has 4 nitrogen and oxygen atoms in total. The molecule has 0 atom stereocenters. The Labute approximate surface area is 185 Å². The number of aryl methyl sites for hydroxylation is 1. The van der Waals surface area contributed by atoms with Gasteiger partial charge < -0.3 is 5.32 Å². The molecule has 5 aromatic rings. The van der Waals surface area contributed by atoms with E-state index < -0.39 is 0 Å². The monoisotopic (exact) mass is 420 g/mol. The zero-order valence-corrected chi connectivity index (χ0v) is 17.6. The lowest BCUT2D eigenvalue weighted by molar-refractivity contribution is 0.628. The molecule has 0 unspecified atom stereocenters. The van der Waals surface area contributed by atoms with Crippen LogP contribution in [0.4, 0.5) is 10.1 Å². The topological polar surface area (TPSA) is 42.2 Å². The molecular formula is C27H21FN4. The average molecular weight is 420 g/mol. The van der Waals surface area contributed by atoms with Crippen molar-refractivity contribution in [2.24, 2.45) is 0 Å². The first-order chi connectivity index (χ1) is 15.6. The number of nitrogens with zero attached hydrogens (tertiary/aromatic N) is 3. The van der Waals surface area contributed by atoms with E-state index in [4.69, 9.17) is 0 Å². The van der Waals surface area contributed by atoms with Crippen LogP contribution in [0.5, 0.6) is 0 Å². The van der Waals surface area contributed by atoms with E-state index in [1.54, 1.807) is 12.1 Å². The Morgan fingerprint density at radius 3 is 2.44 bits per heavy atom. The Morgan fingerprint density at radius 2 is 1.66 bits per heavy atom. The lowest BCUT2D eigenvalue weighted by atomic mass is 9.98. The van der Waals surface area contributed by atoms with Crippen molar-refractivity contribution in [3.8, 4) is 22.5 Å². The third-order valence-corrected chi connectivity index (χ3v) is 5.48. The van der Waals surface area contributed by atoms with Crippen LogP contribution in [-0.4, -0.2) is 14.6 Å². The summed E-state index contributed by atoms with van der Waals surface area (Å²) in [5, 5.41) is 12.2. The molecule has 1 N–H and O–H groups in total. The first-order valence-electron chi connectivity index (χ1n) is 10.3.